The topological polar surface area (TPSA) is 24.5 Å². The molecule has 0 fully saturated rings. The minimum absolute atomic E-state index is 0.138. The molecule has 3 heteroatoms. The summed E-state index contributed by atoms with van der Waals surface area (Å²) in [6, 6.07) is 8.48. The smallest absolute Gasteiger partial charge is 0.0720 e. The van der Waals surface area contributed by atoms with Gasteiger partial charge in [0.2, 0.25) is 0 Å². The predicted molar refractivity (Wildman–Crippen MR) is 81.2 cm³/mol. The van der Waals surface area contributed by atoms with Crippen LogP contribution < -0.4 is 5.32 Å². The van der Waals surface area contributed by atoms with Gasteiger partial charge in [-0.3, -0.25) is 0 Å². The molecular formula is C16H28N2O. The van der Waals surface area contributed by atoms with Crippen LogP contribution in [0, 0.1) is 0 Å². The number of ether oxygens (including phenoxy) is 1. The van der Waals surface area contributed by atoms with Crippen molar-refractivity contribution in [3.05, 3.63) is 35.4 Å². The average molecular weight is 264 g/mol. The Labute approximate surface area is 118 Å². The molecular weight excluding hydrogens is 236 g/mol. The van der Waals surface area contributed by atoms with Crippen molar-refractivity contribution in [1.82, 2.24) is 10.2 Å². The van der Waals surface area contributed by atoms with E-state index in [1.54, 1.807) is 0 Å². The molecule has 0 aliphatic carbocycles. The van der Waals surface area contributed by atoms with Gasteiger partial charge in [-0.15, -0.1) is 0 Å². The van der Waals surface area contributed by atoms with Crippen LogP contribution in [0.5, 0.6) is 0 Å². The lowest BCUT2D eigenvalue weighted by molar-refractivity contribution is 0.105. The van der Waals surface area contributed by atoms with Crippen LogP contribution in [0.1, 0.15) is 31.9 Å². The van der Waals surface area contributed by atoms with Gasteiger partial charge in [-0.1, -0.05) is 24.3 Å². The highest BCUT2D eigenvalue weighted by atomic mass is 16.5. The van der Waals surface area contributed by atoms with Gasteiger partial charge in [-0.2, -0.15) is 0 Å². The fourth-order valence-electron chi connectivity index (χ4n) is 1.66. The van der Waals surface area contributed by atoms with Crippen LogP contribution in [0.4, 0.5) is 0 Å². The Morgan fingerprint density at radius 3 is 2.32 bits per heavy atom. The minimum atomic E-state index is 0.138. The summed E-state index contributed by atoms with van der Waals surface area (Å²) in [5, 5.41) is 3.52. The summed E-state index contributed by atoms with van der Waals surface area (Å²) >= 11 is 0. The molecule has 0 unspecified atom stereocenters. The molecule has 0 amide bonds. The van der Waals surface area contributed by atoms with Gasteiger partial charge in [-0.05, 0) is 46.0 Å². The average Bonchev–Trinajstić information content (AvgIpc) is 2.32. The summed E-state index contributed by atoms with van der Waals surface area (Å²) in [7, 11) is 4.12. The molecule has 1 rings (SSSR count). The van der Waals surface area contributed by atoms with Crippen molar-refractivity contribution >= 4 is 0 Å². The molecule has 1 N–H and O–H groups in total. The summed E-state index contributed by atoms with van der Waals surface area (Å²) in [5.41, 5.74) is 2.74. The van der Waals surface area contributed by atoms with Crippen LogP contribution in [0.2, 0.25) is 0 Å². The number of benzene rings is 1. The van der Waals surface area contributed by atoms with Crippen LogP contribution in [0.15, 0.2) is 24.3 Å². The van der Waals surface area contributed by atoms with Gasteiger partial charge in [0.15, 0.2) is 0 Å². The molecule has 0 atom stereocenters. The van der Waals surface area contributed by atoms with Crippen LogP contribution in [-0.4, -0.2) is 37.7 Å². The molecule has 0 spiro atoms. The Morgan fingerprint density at radius 2 is 1.74 bits per heavy atom. The van der Waals surface area contributed by atoms with E-state index in [9.17, 15) is 0 Å². The molecule has 0 heterocycles. The van der Waals surface area contributed by atoms with Crippen molar-refractivity contribution in [3.63, 3.8) is 0 Å². The number of rotatable bonds is 7. The van der Waals surface area contributed by atoms with E-state index in [2.05, 4.69) is 69.3 Å². The molecule has 0 radical (unpaired) electrons. The third-order valence-corrected chi connectivity index (χ3v) is 2.87. The Balaban J connectivity index is 2.48. The Kier molecular flexibility index (Phi) is 6.49. The van der Waals surface area contributed by atoms with Crippen molar-refractivity contribution in [2.24, 2.45) is 0 Å². The lowest BCUT2D eigenvalue weighted by atomic mass is 10.1. The highest BCUT2D eigenvalue weighted by Gasteiger charge is 2.10. The van der Waals surface area contributed by atoms with Gasteiger partial charge in [0.25, 0.3) is 0 Å². The highest BCUT2D eigenvalue weighted by molar-refractivity contribution is 5.26. The molecule has 0 saturated heterocycles. The number of hydrogen-bond donors (Lipinski definition) is 1. The van der Waals surface area contributed by atoms with Gasteiger partial charge in [0, 0.05) is 18.6 Å². The van der Waals surface area contributed by atoms with Crippen LogP contribution >= 0.6 is 0 Å². The zero-order chi connectivity index (χ0) is 14.3. The van der Waals surface area contributed by atoms with E-state index in [1.807, 2.05) is 0 Å². The van der Waals surface area contributed by atoms with Crippen LogP contribution in [-0.2, 0) is 17.9 Å². The van der Waals surface area contributed by atoms with E-state index < -0.39 is 0 Å². The summed E-state index contributed by atoms with van der Waals surface area (Å²) in [6.45, 7) is 9.86. The first-order valence-corrected chi connectivity index (χ1v) is 6.93. The third kappa shape index (κ3) is 7.31. The van der Waals surface area contributed by atoms with Crippen molar-refractivity contribution in [1.29, 1.82) is 0 Å². The summed E-state index contributed by atoms with van der Waals surface area (Å²) < 4.78 is 5.73. The second kappa shape index (κ2) is 7.63. The maximum atomic E-state index is 5.73. The van der Waals surface area contributed by atoms with Gasteiger partial charge < -0.3 is 15.0 Å². The van der Waals surface area contributed by atoms with Crippen LogP contribution in [0.3, 0.4) is 0 Å². The number of hydrogen-bond acceptors (Lipinski definition) is 3. The zero-order valence-electron chi connectivity index (χ0n) is 13.0. The van der Waals surface area contributed by atoms with E-state index in [0.717, 1.165) is 19.7 Å². The summed E-state index contributed by atoms with van der Waals surface area (Å²) in [6.07, 6.45) is 0. The molecule has 0 bridgehead atoms. The number of likely N-dealkylation sites (N-methyl/N-ethyl adjacent to an activating group) is 1. The van der Waals surface area contributed by atoms with Gasteiger partial charge in [0.1, 0.15) is 0 Å². The first-order chi connectivity index (χ1) is 8.88. The van der Waals surface area contributed by atoms with E-state index in [0.29, 0.717) is 6.61 Å². The second-order valence-electron chi connectivity index (χ2n) is 6.23. The molecule has 3 nitrogen and oxygen atoms in total. The maximum Gasteiger partial charge on any atom is 0.0720 e. The van der Waals surface area contributed by atoms with E-state index >= 15 is 0 Å². The lowest BCUT2D eigenvalue weighted by Crippen LogP contribution is -2.35. The third-order valence-electron chi connectivity index (χ3n) is 2.87. The fraction of sp³-hybridized carbons (Fsp3) is 0.625. The Morgan fingerprint density at radius 1 is 1.11 bits per heavy atom. The quantitative estimate of drug-likeness (QED) is 0.766. The van der Waals surface area contributed by atoms with E-state index in [-0.39, 0.29) is 5.54 Å². The summed E-state index contributed by atoms with van der Waals surface area (Å²) in [5.74, 6) is 0. The molecule has 1 aromatic carbocycles. The van der Waals surface area contributed by atoms with Crippen molar-refractivity contribution < 1.29 is 4.74 Å². The van der Waals surface area contributed by atoms with Crippen LogP contribution in [0.25, 0.3) is 0 Å². The lowest BCUT2D eigenvalue weighted by Gasteiger charge is -2.21. The van der Waals surface area contributed by atoms with Crippen molar-refractivity contribution in [2.75, 3.05) is 27.2 Å². The largest absolute Gasteiger partial charge is 0.375 e. The molecule has 108 valence electrons. The second-order valence-corrected chi connectivity index (χ2v) is 6.23. The maximum absolute atomic E-state index is 5.73. The monoisotopic (exact) mass is 264 g/mol. The summed E-state index contributed by atoms with van der Waals surface area (Å²) in [4.78, 5) is 2.13. The zero-order valence-corrected chi connectivity index (χ0v) is 13.0. The van der Waals surface area contributed by atoms with Gasteiger partial charge >= 0.3 is 0 Å². The van der Waals surface area contributed by atoms with Crippen molar-refractivity contribution in [3.8, 4) is 0 Å². The van der Waals surface area contributed by atoms with E-state index in [1.165, 1.54) is 11.1 Å². The predicted octanol–water partition coefficient (Wildman–Crippen LogP) is 2.65. The number of nitrogens with zero attached hydrogens (tertiary/aromatic N) is 1. The standard InChI is InChI=1S/C16H28N2O/c1-16(2,3)17-12-14-8-6-7-9-15(14)13-19-11-10-18(4)5/h6-9,17H,10-13H2,1-5H3. The Hall–Kier alpha value is -0.900. The van der Waals surface area contributed by atoms with E-state index in [4.69, 9.17) is 4.74 Å². The highest BCUT2D eigenvalue weighted by Crippen LogP contribution is 2.11. The molecule has 0 aromatic heterocycles. The molecule has 1 aromatic rings. The number of nitrogens with one attached hydrogen (secondary N) is 1. The van der Waals surface area contributed by atoms with Gasteiger partial charge in [0.05, 0.1) is 13.2 Å². The fourth-order valence-corrected chi connectivity index (χ4v) is 1.66. The molecule has 0 aliphatic rings. The minimum Gasteiger partial charge on any atom is -0.375 e. The van der Waals surface area contributed by atoms with Crippen molar-refractivity contribution in [2.45, 2.75) is 39.5 Å². The Bertz CT molecular complexity index is 369. The molecule has 19 heavy (non-hydrogen) atoms. The molecule has 0 aliphatic heterocycles. The first kappa shape index (κ1) is 16.2. The normalized spacial score (nSPS) is 12.1. The first-order valence-electron chi connectivity index (χ1n) is 6.93. The molecule has 0 saturated carbocycles. The van der Waals surface area contributed by atoms with Gasteiger partial charge in [-0.25, -0.2) is 0 Å². The SMILES string of the molecule is CN(C)CCOCc1ccccc1CNC(C)(C)C.